The van der Waals surface area contributed by atoms with Crippen molar-refractivity contribution in [2.75, 3.05) is 33.3 Å². The first kappa shape index (κ1) is 20.2. The number of nitrogens with one attached hydrogen (secondary N) is 1. The molecule has 5 nitrogen and oxygen atoms in total. The second kappa shape index (κ2) is 10.9. The number of carbonyl (C=O) groups excluding carboxylic acids is 1. The quantitative estimate of drug-likeness (QED) is 0.324. The Morgan fingerprint density at radius 3 is 2.78 bits per heavy atom. The Labute approximate surface area is 159 Å². The zero-order valence-electron chi connectivity index (χ0n) is 13.8. The first-order chi connectivity index (χ1) is 10.7. The van der Waals surface area contributed by atoms with E-state index in [1.807, 2.05) is 14.0 Å². The minimum absolute atomic E-state index is 0. The van der Waals surface area contributed by atoms with Gasteiger partial charge in [-0.25, -0.2) is 0 Å². The topological polar surface area (TPSA) is 53.9 Å². The maximum atomic E-state index is 11.8. The molecule has 0 aliphatic carbocycles. The molecule has 0 spiro atoms. The third-order valence-corrected chi connectivity index (χ3v) is 4.80. The molecule has 1 aliphatic rings. The average Bonchev–Trinajstić information content (AvgIpc) is 3.05. The Balaban J connectivity index is 0.00000264. The lowest BCUT2D eigenvalue weighted by Gasteiger charge is -2.33. The minimum Gasteiger partial charge on any atom is -0.466 e. The number of guanidine groups is 1. The number of carbonyl (C=O) groups is 1. The predicted molar refractivity (Wildman–Crippen MR) is 106 cm³/mol. The summed E-state index contributed by atoms with van der Waals surface area (Å²) in [5, 5.41) is 5.51. The summed E-state index contributed by atoms with van der Waals surface area (Å²) in [6, 6.07) is 4.23. The summed E-state index contributed by atoms with van der Waals surface area (Å²) in [7, 11) is 1.81. The van der Waals surface area contributed by atoms with Crippen LogP contribution in [0.2, 0.25) is 0 Å². The van der Waals surface area contributed by atoms with Gasteiger partial charge in [-0.05, 0) is 37.6 Å². The summed E-state index contributed by atoms with van der Waals surface area (Å²) >= 11 is 1.78. The zero-order chi connectivity index (χ0) is 15.8. The number of aliphatic imine (C=N–C) groups is 1. The highest BCUT2D eigenvalue weighted by molar-refractivity contribution is 14.0. The van der Waals surface area contributed by atoms with Crippen molar-refractivity contribution in [3.63, 3.8) is 0 Å². The molecule has 1 aliphatic heterocycles. The molecule has 1 fully saturated rings. The Morgan fingerprint density at radius 1 is 1.48 bits per heavy atom. The van der Waals surface area contributed by atoms with Crippen LogP contribution < -0.4 is 5.32 Å². The molecular weight excluding hydrogens is 425 g/mol. The molecule has 7 heteroatoms. The number of nitrogens with zero attached hydrogens (tertiary/aromatic N) is 2. The average molecular weight is 451 g/mol. The van der Waals surface area contributed by atoms with E-state index in [2.05, 4.69) is 32.7 Å². The molecule has 130 valence electrons. The van der Waals surface area contributed by atoms with E-state index < -0.39 is 0 Å². The van der Waals surface area contributed by atoms with Crippen molar-refractivity contribution in [2.45, 2.75) is 26.2 Å². The van der Waals surface area contributed by atoms with Crippen molar-refractivity contribution in [1.29, 1.82) is 0 Å². The van der Waals surface area contributed by atoms with E-state index in [0.717, 1.165) is 44.9 Å². The van der Waals surface area contributed by atoms with Crippen molar-refractivity contribution in [2.24, 2.45) is 10.9 Å². The lowest BCUT2D eigenvalue weighted by molar-refractivity contribution is -0.149. The summed E-state index contributed by atoms with van der Waals surface area (Å²) in [4.78, 5) is 19.7. The van der Waals surface area contributed by atoms with Gasteiger partial charge in [0.25, 0.3) is 0 Å². The number of esters is 1. The number of likely N-dealkylation sites (tertiary alicyclic amines) is 1. The molecule has 0 atom stereocenters. The fraction of sp³-hybridized carbons (Fsp3) is 0.625. The van der Waals surface area contributed by atoms with Gasteiger partial charge in [-0.1, -0.05) is 6.07 Å². The van der Waals surface area contributed by atoms with Crippen LogP contribution in [0.15, 0.2) is 22.5 Å². The van der Waals surface area contributed by atoms with Gasteiger partial charge in [0.05, 0.1) is 12.5 Å². The highest BCUT2D eigenvalue weighted by atomic mass is 127. The maximum Gasteiger partial charge on any atom is 0.309 e. The molecule has 0 aromatic carbocycles. The van der Waals surface area contributed by atoms with Gasteiger partial charge in [0, 0.05) is 31.6 Å². The molecule has 2 heterocycles. The lowest BCUT2D eigenvalue weighted by Crippen LogP contribution is -2.47. The summed E-state index contributed by atoms with van der Waals surface area (Å²) in [6.07, 6.45) is 2.69. The van der Waals surface area contributed by atoms with E-state index in [9.17, 15) is 4.79 Å². The summed E-state index contributed by atoms with van der Waals surface area (Å²) < 4.78 is 5.11. The Bertz CT molecular complexity index is 486. The molecule has 1 N–H and O–H groups in total. The van der Waals surface area contributed by atoms with Crippen LogP contribution in [0.1, 0.15) is 24.6 Å². The van der Waals surface area contributed by atoms with Crippen molar-refractivity contribution >= 4 is 47.2 Å². The van der Waals surface area contributed by atoms with E-state index in [0.29, 0.717) is 6.61 Å². The zero-order valence-corrected chi connectivity index (χ0v) is 16.9. The van der Waals surface area contributed by atoms with Crippen LogP contribution in [0.25, 0.3) is 0 Å². The lowest BCUT2D eigenvalue weighted by atomic mass is 9.97. The molecule has 1 aromatic rings. The highest BCUT2D eigenvalue weighted by Crippen LogP contribution is 2.18. The minimum atomic E-state index is -0.0530. The van der Waals surface area contributed by atoms with E-state index in [1.165, 1.54) is 4.88 Å². The molecule has 0 radical (unpaired) electrons. The Kier molecular flexibility index (Phi) is 9.54. The molecule has 1 saturated heterocycles. The van der Waals surface area contributed by atoms with Crippen molar-refractivity contribution < 1.29 is 9.53 Å². The van der Waals surface area contributed by atoms with Crippen LogP contribution in [0, 0.1) is 5.92 Å². The second-order valence-corrected chi connectivity index (χ2v) is 6.35. The third-order valence-electron chi connectivity index (χ3n) is 3.86. The molecule has 0 saturated carbocycles. The molecular formula is C16H26IN3O2S. The van der Waals surface area contributed by atoms with E-state index in [-0.39, 0.29) is 35.9 Å². The van der Waals surface area contributed by atoms with Gasteiger partial charge in [0.1, 0.15) is 0 Å². The van der Waals surface area contributed by atoms with Gasteiger partial charge >= 0.3 is 5.97 Å². The van der Waals surface area contributed by atoms with Crippen LogP contribution in [-0.4, -0.2) is 50.1 Å². The van der Waals surface area contributed by atoms with Crippen LogP contribution >= 0.6 is 35.3 Å². The smallest absolute Gasteiger partial charge is 0.309 e. The molecule has 1 aromatic heterocycles. The maximum absolute atomic E-state index is 11.8. The predicted octanol–water partition coefficient (Wildman–Crippen LogP) is 2.76. The van der Waals surface area contributed by atoms with Crippen LogP contribution in [0.5, 0.6) is 0 Å². The van der Waals surface area contributed by atoms with Crippen molar-refractivity contribution in [1.82, 2.24) is 10.2 Å². The molecule has 2 rings (SSSR count). The van der Waals surface area contributed by atoms with E-state index in [4.69, 9.17) is 4.74 Å². The number of ether oxygens (including phenoxy) is 1. The fourth-order valence-corrected chi connectivity index (χ4v) is 3.38. The number of hydrogen-bond donors (Lipinski definition) is 1. The van der Waals surface area contributed by atoms with Crippen molar-refractivity contribution in [3.8, 4) is 0 Å². The molecule has 0 unspecified atom stereocenters. The summed E-state index contributed by atoms with van der Waals surface area (Å²) in [5.41, 5.74) is 0. The van der Waals surface area contributed by atoms with E-state index >= 15 is 0 Å². The monoisotopic (exact) mass is 451 g/mol. The van der Waals surface area contributed by atoms with Crippen LogP contribution in [0.3, 0.4) is 0 Å². The largest absolute Gasteiger partial charge is 0.466 e. The van der Waals surface area contributed by atoms with Crippen LogP contribution in [0.4, 0.5) is 0 Å². The number of piperidine rings is 1. The van der Waals surface area contributed by atoms with Gasteiger partial charge < -0.3 is 15.0 Å². The molecule has 0 amide bonds. The van der Waals surface area contributed by atoms with Gasteiger partial charge in [0.15, 0.2) is 5.96 Å². The normalized spacial score (nSPS) is 15.9. The first-order valence-corrected chi connectivity index (χ1v) is 8.77. The SMILES string of the molecule is CCOC(=O)C1CCN(C(=NC)NCCc2cccs2)CC1.I. The number of hydrogen-bond acceptors (Lipinski definition) is 4. The van der Waals surface area contributed by atoms with E-state index in [1.54, 1.807) is 11.3 Å². The molecule has 23 heavy (non-hydrogen) atoms. The third kappa shape index (κ3) is 6.29. The van der Waals surface area contributed by atoms with Crippen molar-refractivity contribution in [3.05, 3.63) is 22.4 Å². The Hall–Kier alpha value is -0.830. The van der Waals surface area contributed by atoms with Gasteiger partial charge in [-0.2, -0.15) is 0 Å². The van der Waals surface area contributed by atoms with Crippen LogP contribution in [-0.2, 0) is 16.0 Å². The van der Waals surface area contributed by atoms with Gasteiger partial charge in [-0.3, -0.25) is 9.79 Å². The summed E-state index contributed by atoms with van der Waals surface area (Å²) in [5.74, 6) is 0.919. The number of halogens is 1. The van der Waals surface area contributed by atoms with Gasteiger partial charge in [0.2, 0.25) is 0 Å². The first-order valence-electron chi connectivity index (χ1n) is 7.89. The standard InChI is InChI=1S/C16H25N3O2S.HI/c1-3-21-15(20)13-7-10-19(11-8-13)16(17-2)18-9-6-14-5-4-12-22-14;/h4-5,12-13H,3,6-11H2,1-2H3,(H,17,18);1H. The second-order valence-electron chi connectivity index (χ2n) is 5.32. The van der Waals surface area contributed by atoms with Gasteiger partial charge in [-0.15, -0.1) is 35.3 Å². The highest BCUT2D eigenvalue weighted by Gasteiger charge is 2.27. The Morgan fingerprint density at radius 2 is 2.22 bits per heavy atom. The molecule has 0 bridgehead atoms. The summed E-state index contributed by atoms with van der Waals surface area (Å²) in [6.45, 7) is 4.90. The fourth-order valence-electron chi connectivity index (χ4n) is 2.67. The number of thiophene rings is 1. The number of rotatable bonds is 5.